The quantitative estimate of drug-likeness (QED) is 0.279. The van der Waals surface area contributed by atoms with Gasteiger partial charge in [0.05, 0.1) is 14.5 Å². The van der Waals surface area contributed by atoms with Crippen molar-refractivity contribution in [2.24, 2.45) is 35.0 Å². The van der Waals surface area contributed by atoms with E-state index in [1.165, 1.54) is 42.4 Å². The van der Waals surface area contributed by atoms with Crippen LogP contribution in [0.3, 0.4) is 0 Å². The zero-order chi connectivity index (χ0) is 20.6. The van der Waals surface area contributed by atoms with Crippen LogP contribution in [0.5, 0.6) is 0 Å². The maximum absolute atomic E-state index is 13.8. The molecule has 7 atom stereocenters. The van der Waals surface area contributed by atoms with E-state index in [0.29, 0.717) is 17.5 Å². The average molecular weight is 433 g/mol. The van der Waals surface area contributed by atoms with E-state index in [9.17, 15) is 4.79 Å². The Bertz CT molecular complexity index is 952. The SMILES string of the molecule is C[B]C1C=CC2=C(C=C(C=C3SC(=S)C(C)(C4C5CC6CC(C5)C4C6)C3=O)CC2)C1. The summed E-state index contributed by atoms with van der Waals surface area (Å²) in [6.45, 7) is 4.35. The summed E-state index contributed by atoms with van der Waals surface area (Å²) in [6, 6.07) is 0. The molecule has 7 rings (SSSR count). The van der Waals surface area contributed by atoms with Gasteiger partial charge in [0.25, 0.3) is 0 Å². The zero-order valence-electron chi connectivity index (χ0n) is 18.0. The number of Topliss-reactive ketones (excluding diaryl/α,β-unsaturated/α-hetero) is 1. The van der Waals surface area contributed by atoms with Crippen LogP contribution in [-0.2, 0) is 4.79 Å². The molecule has 0 amide bonds. The summed E-state index contributed by atoms with van der Waals surface area (Å²) in [6.07, 6.45) is 17.9. The molecule has 0 aromatic carbocycles. The lowest BCUT2D eigenvalue weighted by molar-refractivity contribution is -0.123. The molecule has 5 fully saturated rings. The minimum atomic E-state index is -0.416. The lowest BCUT2D eigenvalue weighted by Crippen LogP contribution is -2.43. The average Bonchev–Trinajstić information content (AvgIpc) is 3.25. The number of allylic oxidation sites excluding steroid dienone is 8. The molecule has 7 unspecified atom stereocenters. The molecule has 0 N–H and O–H groups in total. The molecule has 1 nitrogen and oxygen atoms in total. The van der Waals surface area contributed by atoms with E-state index in [1.807, 2.05) is 0 Å². The Morgan fingerprint density at radius 3 is 2.80 bits per heavy atom. The molecule has 1 radical (unpaired) electrons. The van der Waals surface area contributed by atoms with Crippen LogP contribution >= 0.6 is 24.0 Å². The molecule has 1 saturated heterocycles. The zero-order valence-corrected chi connectivity index (χ0v) is 19.7. The van der Waals surface area contributed by atoms with Crippen molar-refractivity contribution in [1.82, 2.24) is 0 Å². The Morgan fingerprint density at radius 1 is 1.17 bits per heavy atom. The molecule has 1 heterocycles. The van der Waals surface area contributed by atoms with Crippen LogP contribution in [0.15, 0.2) is 45.9 Å². The van der Waals surface area contributed by atoms with Crippen molar-refractivity contribution < 1.29 is 4.79 Å². The van der Waals surface area contributed by atoms with Gasteiger partial charge in [-0.2, -0.15) is 0 Å². The fourth-order valence-electron chi connectivity index (χ4n) is 7.90. The summed E-state index contributed by atoms with van der Waals surface area (Å²) < 4.78 is 0.956. The number of hydrogen-bond acceptors (Lipinski definition) is 3. The predicted molar refractivity (Wildman–Crippen MR) is 131 cm³/mol. The fourth-order valence-corrected chi connectivity index (χ4v) is 9.55. The summed E-state index contributed by atoms with van der Waals surface area (Å²) in [7, 11) is 2.28. The maximum Gasteiger partial charge on any atom is 0.181 e. The molecule has 30 heavy (non-hydrogen) atoms. The highest BCUT2D eigenvalue weighted by atomic mass is 32.2. The number of thiocarbonyl (C=S) groups is 1. The van der Waals surface area contributed by atoms with Crippen LogP contribution in [-0.4, -0.2) is 17.3 Å². The van der Waals surface area contributed by atoms with Crippen molar-refractivity contribution in [2.45, 2.75) is 64.5 Å². The molecule has 4 bridgehead atoms. The molecule has 6 aliphatic carbocycles. The van der Waals surface area contributed by atoms with Crippen LogP contribution < -0.4 is 0 Å². The second-order valence-electron chi connectivity index (χ2n) is 10.8. The van der Waals surface area contributed by atoms with E-state index in [2.05, 4.69) is 45.3 Å². The van der Waals surface area contributed by atoms with Crippen molar-refractivity contribution in [1.29, 1.82) is 0 Å². The smallest absolute Gasteiger partial charge is 0.181 e. The second kappa shape index (κ2) is 7.07. The summed E-state index contributed by atoms with van der Waals surface area (Å²) in [5.74, 6) is 4.67. The standard InChI is InChI=1S/C26H30BOS2/c1-26(23-19-9-15-8-18(12-19)21(23)10-15)24(28)22(30-25(26)29)11-14-3-4-16-5-6-20(27-2)13-17(16)7-14/h5-7,11,15,18-21,23H,3-4,8-10,12-13H2,1-2H3. The third-order valence-corrected chi connectivity index (χ3v) is 11.1. The van der Waals surface area contributed by atoms with E-state index in [4.69, 9.17) is 12.2 Å². The van der Waals surface area contributed by atoms with Gasteiger partial charge in [-0.15, -0.1) is 0 Å². The molecule has 1 aliphatic heterocycles. The van der Waals surface area contributed by atoms with E-state index >= 15 is 0 Å². The van der Waals surface area contributed by atoms with Crippen molar-refractivity contribution in [2.75, 3.05) is 0 Å². The molecule has 7 aliphatic rings. The van der Waals surface area contributed by atoms with E-state index in [-0.39, 0.29) is 0 Å². The van der Waals surface area contributed by atoms with Crippen molar-refractivity contribution >= 4 is 41.2 Å². The molecule has 155 valence electrons. The summed E-state index contributed by atoms with van der Waals surface area (Å²) in [4.78, 5) is 14.7. The van der Waals surface area contributed by atoms with Crippen molar-refractivity contribution in [3.05, 3.63) is 45.9 Å². The largest absolute Gasteiger partial charge is 0.293 e. The Labute approximate surface area is 191 Å². The van der Waals surface area contributed by atoms with Crippen LogP contribution in [0.2, 0.25) is 12.6 Å². The molecular weight excluding hydrogens is 403 g/mol. The van der Waals surface area contributed by atoms with Crippen molar-refractivity contribution in [3.8, 4) is 0 Å². The Balaban J connectivity index is 1.28. The van der Waals surface area contributed by atoms with Gasteiger partial charge < -0.3 is 0 Å². The first-order valence-corrected chi connectivity index (χ1v) is 13.1. The van der Waals surface area contributed by atoms with Gasteiger partial charge in [0, 0.05) is 0 Å². The second-order valence-corrected chi connectivity index (χ2v) is 12.5. The number of rotatable bonds is 3. The normalized spacial score (nSPS) is 45.5. The molecule has 0 aromatic heterocycles. The lowest BCUT2D eigenvalue weighted by Gasteiger charge is -2.41. The summed E-state index contributed by atoms with van der Waals surface area (Å²) in [5.41, 5.74) is 3.85. The highest BCUT2D eigenvalue weighted by Crippen LogP contribution is 2.67. The fraction of sp³-hybridized carbons (Fsp3) is 0.615. The minimum absolute atomic E-state index is 0.336. The maximum atomic E-state index is 13.8. The van der Waals surface area contributed by atoms with Crippen LogP contribution in [0, 0.1) is 35.0 Å². The molecule has 4 heteroatoms. The topological polar surface area (TPSA) is 17.1 Å². The third kappa shape index (κ3) is 2.82. The first kappa shape index (κ1) is 19.8. The van der Waals surface area contributed by atoms with E-state index in [0.717, 1.165) is 52.0 Å². The van der Waals surface area contributed by atoms with Crippen molar-refractivity contribution in [3.63, 3.8) is 0 Å². The Hall–Kier alpha value is -0.865. The minimum Gasteiger partial charge on any atom is -0.293 e. The van der Waals surface area contributed by atoms with E-state index in [1.54, 1.807) is 11.8 Å². The first-order chi connectivity index (χ1) is 14.5. The van der Waals surface area contributed by atoms with Gasteiger partial charge in [-0.1, -0.05) is 49.0 Å². The van der Waals surface area contributed by atoms with Gasteiger partial charge in [-0.05, 0) is 110 Å². The highest BCUT2D eigenvalue weighted by molar-refractivity contribution is 8.27. The monoisotopic (exact) mass is 433 g/mol. The summed E-state index contributed by atoms with van der Waals surface area (Å²) in [5, 5.41) is 0. The van der Waals surface area contributed by atoms with Gasteiger partial charge in [0.2, 0.25) is 0 Å². The number of carbonyl (C=O) groups is 1. The summed E-state index contributed by atoms with van der Waals surface area (Å²) >= 11 is 7.54. The number of ketones is 1. The van der Waals surface area contributed by atoms with Gasteiger partial charge in [-0.25, -0.2) is 0 Å². The first-order valence-electron chi connectivity index (χ1n) is 11.9. The number of thioether (sulfide) groups is 1. The van der Waals surface area contributed by atoms with Gasteiger partial charge in [0.15, 0.2) is 5.78 Å². The molecule has 4 saturated carbocycles. The lowest BCUT2D eigenvalue weighted by atomic mass is 9.62. The molecule has 0 spiro atoms. The molecule has 0 aromatic rings. The Morgan fingerprint density at radius 2 is 2.00 bits per heavy atom. The highest BCUT2D eigenvalue weighted by Gasteiger charge is 2.64. The Kier molecular flexibility index (Phi) is 4.66. The van der Waals surface area contributed by atoms with E-state index < -0.39 is 5.41 Å². The van der Waals surface area contributed by atoms with Gasteiger partial charge in [-0.3, -0.25) is 4.79 Å². The predicted octanol–water partition coefficient (Wildman–Crippen LogP) is 6.72. The number of hydrogen-bond donors (Lipinski definition) is 0. The van der Waals surface area contributed by atoms with Crippen LogP contribution in [0.4, 0.5) is 0 Å². The van der Waals surface area contributed by atoms with Gasteiger partial charge >= 0.3 is 0 Å². The van der Waals surface area contributed by atoms with Crippen LogP contribution in [0.25, 0.3) is 0 Å². The van der Waals surface area contributed by atoms with Crippen LogP contribution in [0.1, 0.15) is 51.9 Å². The number of carbonyl (C=O) groups excluding carboxylic acids is 1. The third-order valence-electron chi connectivity index (χ3n) is 9.25. The molecular formula is C26H30BOS2. The van der Waals surface area contributed by atoms with Gasteiger partial charge in [0.1, 0.15) is 7.28 Å².